The Morgan fingerprint density at radius 3 is 2.65 bits per heavy atom. The van der Waals surface area contributed by atoms with Crippen molar-refractivity contribution in [2.45, 2.75) is 51.6 Å². The fourth-order valence-corrected chi connectivity index (χ4v) is 2.77. The molecule has 1 amide bonds. The van der Waals surface area contributed by atoms with Gasteiger partial charge in [-0.05, 0) is 39.7 Å². The van der Waals surface area contributed by atoms with Gasteiger partial charge in [-0.2, -0.15) is 0 Å². The average Bonchev–Trinajstić information content (AvgIpc) is 2.89. The highest BCUT2D eigenvalue weighted by Crippen LogP contribution is 2.28. The first-order valence-corrected chi connectivity index (χ1v) is 8.14. The van der Waals surface area contributed by atoms with Gasteiger partial charge in [-0.25, -0.2) is 9.78 Å². The van der Waals surface area contributed by atoms with E-state index in [1.165, 1.54) is 0 Å². The number of imidazole rings is 1. The largest absolute Gasteiger partial charge is 0.444 e. The van der Waals surface area contributed by atoms with E-state index in [0.717, 1.165) is 30.1 Å². The van der Waals surface area contributed by atoms with Crippen molar-refractivity contribution < 1.29 is 14.6 Å². The highest BCUT2D eigenvalue weighted by molar-refractivity contribution is 5.68. The molecule has 6 heteroatoms. The fourth-order valence-electron chi connectivity index (χ4n) is 2.77. The summed E-state index contributed by atoms with van der Waals surface area (Å²) < 4.78 is 5.41. The molecule has 1 saturated heterocycles. The Balaban J connectivity index is 1.96. The van der Waals surface area contributed by atoms with Crippen molar-refractivity contribution in [1.29, 1.82) is 0 Å². The molecule has 1 aliphatic rings. The molecule has 23 heavy (non-hydrogen) atoms. The second kappa shape index (κ2) is 7.17. The van der Waals surface area contributed by atoms with Gasteiger partial charge in [0.25, 0.3) is 0 Å². The van der Waals surface area contributed by atoms with Crippen molar-refractivity contribution in [3.8, 4) is 0 Å². The summed E-state index contributed by atoms with van der Waals surface area (Å²) in [6.45, 7) is 10.8. The minimum absolute atomic E-state index is 0.0829. The molecule has 0 saturated carbocycles. The summed E-state index contributed by atoms with van der Waals surface area (Å²) in [5, 5.41) is 9.11. The number of carbonyl (C=O) groups excluding carboxylic acids is 1. The highest BCUT2D eigenvalue weighted by atomic mass is 16.6. The summed E-state index contributed by atoms with van der Waals surface area (Å²) in [5.41, 5.74) is 1.27. The maximum Gasteiger partial charge on any atom is 0.410 e. The number of likely N-dealkylation sites (tertiary alicyclic amines) is 1. The Labute approximate surface area is 137 Å². The zero-order chi connectivity index (χ0) is 17.0. The second-order valence-electron chi connectivity index (χ2n) is 6.91. The van der Waals surface area contributed by atoms with Crippen molar-refractivity contribution >= 4 is 12.2 Å². The number of hydrogen-bond donors (Lipinski definition) is 2. The number of aromatic nitrogens is 2. The van der Waals surface area contributed by atoms with Crippen LogP contribution in [0.2, 0.25) is 0 Å². The van der Waals surface area contributed by atoms with E-state index >= 15 is 0 Å². The quantitative estimate of drug-likeness (QED) is 0.894. The third-order valence-corrected chi connectivity index (χ3v) is 3.92. The molecule has 2 heterocycles. The van der Waals surface area contributed by atoms with Gasteiger partial charge in [-0.3, -0.25) is 0 Å². The molecule has 0 radical (unpaired) electrons. The lowest BCUT2D eigenvalue weighted by Gasteiger charge is -2.32. The van der Waals surface area contributed by atoms with Crippen LogP contribution in [0.1, 0.15) is 56.7 Å². The van der Waals surface area contributed by atoms with Crippen molar-refractivity contribution in [2.24, 2.45) is 0 Å². The molecule has 1 aromatic rings. The van der Waals surface area contributed by atoms with Gasteiger partial charge in [0.05, 0.1) is 5.69 Å². The van der Waals surface area contributed by atoms with Crippen LogP contribution in [0.3, 0.4) is 0 Å². The number of nitrogens with zero attached hydrogens (tertiary/aromatic N) is 2. The lowest BCUT2D eigenvalue weighted by Crippen LogP contribution is -2.41. The number of ether oxygens (including phenoxy) is 1. The van der Waals surface area contributed by atoms with Gasteiger partial charge in [-0.1, -0.05) is 6.58 Å². The Hall–Kier alpha value is -1.82. The Morgan fingerprint density at radius 1 is 1.48 bits per heavy atom. The third kappa shape index (κ3) is 4.58. The van der Waals surface area contributed by atoms with Crippen molar-refractivity contribution in [3.63, 3.8) is 0 Å². The van der Waals surface area contributed by atoms with Crippen LogP contribution in [0.4, 0.5) is 4.79 Å². The molecule has 2 N–H and O–H groups in total. The molecule has 0 aliphatic carbocycles. The number of piperidine rings is 1. The molecule has 0 unspecified atom stereocenters. The van der Waals surface area contributed by atoms with Crippen molar-refractivity contribution in [3.05, 3.63) is 23.8 Å². The summed E-state index contributed by atoms with van der Waals surface area (Å²) in [5.74, 6) is 1.21. The fraction of sp³-hybridized carbons (Fsp3) is 0.647. The van der Waals surface area contributed by atoms with Crippen molar-refractivity contribution in [2.75, 3.05) is 19.7 Å². The maximum absolute atomic E-state index is 12.1. The Kier molecular flexibility index (Phi) is 5.46. The van der Waals surface area contributed by atoms with E-state index in [2.05, 4.69) is 16.5 Å². The predicted molar refractivity (Wildman–Crippen MR) is 89.3 cm³/mol. The van der Waals surface area contributed by atoms with Crippen LogP contribution in [0.25, 0.3) is 6.08 Å². The lowest BCUT2D eigenvalue weighted by atomic mass is 9.96. The van der Waals surface area contributed by atoms with Gasteiger partial charge < -0.3 is 19.7 Å². The molecule has 0 aromatic carbocycles. The topological polar surface area (TPSA) is 78.5 Å². The van der Waals surface area contributed by atoms with Crippen LogP contribution >= 0.6 is 0 Å². The number of carbonyl (C=O) groups is 1. The molecule has 128 valence electrons. The minimum Gasteiger partial charge on any atom is -0.444 e. The predicted octanol–water partition coefficient (Wildman–Crippen LogP) is 2.70. The van der Waals surface area contributed by atoms with E-state index in [-0.39, 0.29) is 12.7 Å². The number of rotatable bonds is 4. The van der Waals surface area contributed by atoms with Crippen LogP contribution < -0.4 is 0 Å². The number of H-pyrrole nitrogens is 1. The van der Waals surface area contributed by atoms with Gasteiger partial charge in [0.15, 0.2) is 0 Å². The first-order chi connectivity index (χ1) is 10.8. The Bertz CT molecular complexity index is 552. The van der Waals surface area contributed by atoms with E-state index in [9.17, 15) is 4.79 Å². The summed E-state index contributed by atoms with van der Waals surface area (Å²) in [6, 6.07) is 0. The molecule has 1 aliphatic heterocycles. The minimum atomic E-state index is -0.465. The average molecular weight is 321 g/mol. The summed E-state index contributed by atoms with van der Waals surface area (Å²) in [7, 11) is 0. The normalized spacial score (nSPS) is 16.4. The van der Waals surface area contributed by atoms with Gasteiger partial charge in [0.2, 0.25) is 0 Å². The Morgan fingerprint density at radius 2 is 2.13 bits per heavy atom. The monoisotopic (exact) mass is 321 g/mol. The smallest absolute Gasteiger partial charge is 0.410 e. The summed E-state index contributed by atoms with van der Waals surface area (Å²) in [4.78, 5) is 21.7. The van der Waals surface area contributed by atoms with Crippen LogP contribution in [-0.2, 0) is 11.2 Å². The number of nitrogens with one attached hydrogen (secondary N) is 1. The molecule has 1 fully saturated rings. The third-order valence-electron chi connectivity index (χ3n) is 3.92. The molecule has 1 aromatic heterocycles. The number of hydrogen-bond acceptors (Lipinski definition) is 4. The standard InChI is InChI=1S/C17H27N3O3/c1-5-13-14(8-11-21)19-15(18-13)12-6-9-20(10-7-12)16(22)23-17(2,3)4/h5,12,21H,1,6-11H2,2-4H3,(H,18,19). The van der Waals surface area contributed by atoms with E-state index in [1.807, 2.05) is 20.8 Å². The molecule has 0 atom stereocenters. The SMILES string of the molecule is C=Cc1nc(C2CCN(C(=O)OC(C)(C)C)CC2)[nH]c1CCO. The zero-order valence-corrected chi connectivity index (χ0v) is 14.3. The van der Waals surface area contributed by atoms with Crippen LogP contribution in [0.15, 0.2) is 6.58 Å². The van der Waals surface area contributed by atoms with E-state index in [1.54, 1.807) is 11.0 Å². The first-order valence-electron chi connectivity index (χ1n) is 8.14. The van der Waals surface area contributed by atoms with Gasteiger partial charge >= 0.3 is 6.09 Å². The lowest BCUT2D eigenvalue weighted by molar-refractivity contribution is 0.0203. The van der Waals surface area contributed by atoms with Gasteiger partial charge in [0, 0.05) is 37.7 Å². The van der Waals surface area contributed by atoms with E-state index in [0.29, 0.717) is 25.4 Å². The first kappa shape index (κ1) is 17.5. The number of aliphatic hydroxyl groups is 1. The van der Waals surface area contributed by atoms with Crippen molar-refractivity contribution in [1.82, 2.24) is 14.9 Å². The van der Waals surface area contributed by atoms with E-state index < -0.39 is 5.60 Å². The number of aliphatic hydroxyl groups excluding tert-OH is 1. The molecule has 2 rings (SSSR count). The summed E-state index contributed by atoms with van der Waals surface area (Å²) in [6.07, 6.45) is 3.71. The van der Waals surface area contributed by atoms with Crippen LogP contribution in [0, 0.1) is 0 Å². The zero-order valence-electron chi connectivity index (χ0n) is 14.3. The van der Waals surface area contributed by atoms with Crippen LogP contribution in [-0.4, -0.2) is 51.4 Å². The molecular weight excluding hydrogens is 294 g/mol. The second-order valence-corrected chi connectivity index (χ2v) is 6.91. The maximum atomic E-state index is 12.1. The molecule has 6 nitrogen and oxygen atoms in total. The van der Waals surface area contributed by atoms with Gasteiger partial charge in [0.1, 0.15) is 11.4 Å². The highest BCUT2D eigenvalue weighted by Gasteiger charge is 2.29. The number of amides is 1. The van der Waals surface area contributed by atoms with Crippen LogP contribution in [0.5, 0.6) is 0 Å². The van der Waals surface area contributed by atoms with E-state index in [4.69, 9.17) is 9.84 Å². The number of aromatic amines is 1. The molecule has 0 bridgehead atoms. The summed E-state index contributed by atoms with van der Waals surface area (Å²) >= 11 is 0. The molecular formula is C17H27N3O3. The van der Waals surface area contributed by atoms with Gasteiger partial charge in [-0.15, -0.1) is 0 Å². The molecule has 0 spiro atoms.